The van der Waals surface area contributed by atoms with Gasteiger partial charge in [0.25, 0.3) is 0 Å². The second-order valence-electron chi connectivity index (χ2n) is 6.40. The highest BCUT2D eigenvalue weighted by Gasteiger charge is 2.08. The van der Waals surface area contributed by atoms with E-state index in [1.807, 2.05) is 60.7 Å². The topological polar surface area (TPSA) is 34.1 Å². The van der Waals surface area contributed by atoms with Gasteiger partial charge in [0.1, 0.15) is 0 Å². The number of halogens is 2. The fourth-order valence-electron chi connectivity index (χ4n) is 2.71. The fraction of sp³-hybridized carbons (Fsp3) is 0. The van der Waals surface area contributed by atoms with Crippen LogP contribution in [0.2, 0.25) is 10.0 Å². The van der Waals surface area contributed by atoms with Crippen LogP contribution in [0.5, 0.6) is 0 Å². The van der Waals surface area contributed by atoms with Gasteiger partial charge in [0.15, 0.2) is 11.6 Å². The molecule has 4 aromatic rings. The molecule has 0 saturated carbocycles. The van der Waals surface area contributed by atoms with Crippen molar-refractivity contribution in [2.75, 3.05) is 0 Å². The van der Waals surface area contributed by atoms with Crippen LogP contribution in [0.3, 0.4) is 0 Å². The standard InChI is InChI=1S/C13H8Cl2O.C13H10O/c14-11-5-1-9(2-6-11)13(16)10-3-7-12(15)8-4-10;14-13(11-7-3-1-4-8-11)12-9-5-2-6-10-12/h1-8H;1-10H. The molecule has 0 bridgehead atoms. The van der Waals surface area contributed by atoms with E-state index >= 15 is 0 Å². The Kier molecular flexibility index (Phi) is 7.56. The first-order chi connectivity index (χ1) is 14.5. The van der Waals surface area contributed by atoms with Crippen LogP contribution in [0.4, 0.5) is 0 Å². The van der Waals surface area contributed by atoms with E-state index in [-0.39, 0.29) is 11.6 Å². The van der Waals surface area contributed by atoms with Crippen molar-refractivity contribution >= 4 is 34.8 Å². The predicted octanol–water partition coefficient (Wildman–Crippen LogP) is 7.14. The summed E-state index contributed by atoms with van der Waals surface area (Å²) in [5, 5.41) is 1.24. The number of carbonyl (C=O) groups excluding carboxylic acids is 2. The molecule has 0 aliphatic carbocycles. The van der Waals surface area contributed by atoms with Gasteiger partial charge in [-0.2, -0.15) is 0 Å². The van der Waals surface area contributed by atoms with Crippen molar-refractivity contribution in [1.82, 2.24) is 0 Å². The SMILES string of the molecule is O=C(c1ccc(Cl)cc1)c1ccc(Cl)cc1.O=C(c1ccccc1)c1ccccc1. The Balaban J connectivity index is 0.000000172. The zero-order valence-electron chi connectivity index (χ0n) is 16.0. The summed E-state index contributed by atoms with van der Waals surface area (Å²) in [7, 11) is 0. The first-order valence-corrected chi connectivity index (χ1v) is 10.0. The van der Waals surface area contributed by atoms with E-state index in [9.17, 15) is 9.59 Å². The van der Waals surface area contributed by atoms with Gasteiger partial charge in [0, 0.05) is 32.3 Å². The maximum absolute atomic E-state index is 12.0. The molecule has 0 unspecified atom stereocenters. The van der Waals surface area contributed by atoms with E-state index < -0.39 is 0 Å². The number of benzene rings is 4. The Morgan fingerprint density at radius 3 is 0.967 bits per heavy atom. The maximum Gasteiger partial charge on any atom is 0.193 e. The highest BCUT2D eigenvalue weighted by molar-refractivity contribution is 6.31. The van der Waals surface area contributed by atoms with Crippen molar-refractivity contribution in [3.05, 3.63) is 141 Å². The second-order valence-corrected chi connectivity index (χ2v) is 7.28. The van der Waals surface area contributed by atoms with Gasteiger partial charge in [0.2, 0.25) is 0 Å². The second kappa shape index (κ2) is 10.5. The van der Waals surface area contributed by atoms with Gasteiger partial charge >= 0.3 is 0 Å². The molecular weight excluding hydrogens is 415 g/mol. The number of hydrogen-bond donors (Lipinski definition) is 0. The van der Waals surface area contributed by atoms with E-state index in [4.69, 9.17) is 23.2 Å². The molecule has 0 radical (unpaired) electrons. The molecule has 0 fully saturated rings. The minimum atomic E-state index is -0.0340. The van der Waals surface area contributed by atoms with Crippen LogP contribution in [0.15, 0.2) is 109 Å². The summed E-state index contributed by atoms with van der Waals surface area (Å²) >= 11 is 11.5. The number of ketones is 2. The van der Waals surface area contributed by atoms with Crippen LogP contribution in [0, 0.1) is 0 Å². The Morgan fingerprint density at radius 1 is 0.400 bits per heavy atom. The normalized spacial score (nSPS) is 9.93. The molecular formula is C26H18Cl2O2. The van der Waals surface area contributed by atoms with Gasteiger partial charge in [-0.1, -0.05) is 83.9 Å². The molecule has 2 nitrogen and oxygen atoms in total. The lowest BCUT2D eigenvalue weighted by Gasteiger charge is -2.01. The van der Waals surface area contributed by atoms with Gasteiger partial charge in [-0.3, -0.25) is 9.59 Å². The van der Waals surface area contributed by atoms with Gasteiger partial charge in [-0.25, -0.2) is 0 Å². The zero-order valence-corrected chi connectivity index (χ0v) is 17.5. The lowest BCUT2D eigenvalue weighted by atomic mass is 10.0. The molecule has 0 aliphatic heterocycles. The predicted molar refractivity (Wildman–Crippen MR) is 123 cm³/mol. The molecule has 0 atom stereocenters. The molecule has 0 aromatic heterocycles. The van der Waals surface area contributed by atoms with Crippen molar-refractivity contribution < 1.29 is 9.59 Å². The van der Waals surface area contributed by atoms with E-state index in [0.717, 1.165) is 11.1 Å². The van der Waals surface area contributed by atoms with Crippen molar-refractivity contribution in [3.8, 4) is 0 Å². The van der Waals surface area contributed by atoms with Crippen LogP contribution in [0.1, 0.15) is 31.8 Å². The van der Waals surface area contributed by atoms with Crippen molar-refractivity contribution in [2.24, 2.45) is 0 Å². The quantitative estimate of drug-likeness (QED) is 0.321. The average Bonchev–Trinajstić information content (AvgIpc) is 2.81. The summed E-state index contributed by atoms with van der Waals surface area (Å²) in [4.78, 5) is 23.8. The van der Waals surface area contributed by atoms with Crippen LogP contribution in [0.25, 0.3) is 0 Å². The van der Waals surface area contributed by atoms with Gasteiger partial charge in [-0.15, -0.1) is 0 Å². The van der Waals surface area contributed by atoms with E-state index in [1.54, 1.807) is 48.5 Å². The lowest BCUT2D eigenvalue weighted by molar-refractivity contribution is 0.103. The van der Waals surface area contributed by atoms with Crippen LogP contribution >= 0.6 is 23.2 Å². The van der Waals surface area contributed by atoms with Gasteiger partial charge in [-0.05, 0) is 48.5 Å². The third-order valence-corrected chi connectivity index (χ3v) is 4.79. The molecule has 0 aliphatic rings. The monoisotopic (exact) mass is 432 g/mol. The molecule has 30 heavy (non-hydrogen) atoms. The summed E-state index contributed by atoms with van der Waals surface area (Å²) in [6.45, 7) is 0. The van der Waals surface area contributed by atoms with Gasteiger partial charge in [0.05, 0.1) is 0 Å². The summed E-state index contributed by atoms with van der Waals surface area (Å²) < 4.78 is 0. The third-order valence-electron chi connectivity index (χ3n) is 4.28. The molecule has 0 amide bonds. The van der Waals surface area contributed by atoms with Crippen molar-refractivity contribution in [2.45, 2.75) is 0 Å². The highest BCUT2D eigenvalue weighted by Crippen LogP contribution is 2.16. The molecule has 4 rings (SSSR count). The smallest absolute Gasteiger partial charge is 0.193 e. The summed E-state index contributed by atoms with van der Waals surface area (Å²) in [5.41, 5.74) is 2.70. The Labute approximate surface area is 185 Å². The summed E-state index contributed by atoms with van der Waals surface area (Å²) in [5.74, 6) is 0.0412. The summed E-state index contributed by atoms with van der Waals surface area (Å²) in [6, 6.07) is 32.2. The lowest BCUT2D eigenvalue weighted by Crippen LogP contribution is -2.00. The van der Waals surface area contributed by atoms with Crippen LogP contribution in [-0.2, 0) is 0 Å². The maximum atomic E-state index is 12.0. The van der Waals surface area contributed by atoms with Crippen molar-refractivity contribution in [3.63, 3.8) is 0 Å². The third kappa shape index (κ3) is 5.90. The van der Waals surface area contributed by atoms with E-state index in [1.165, 1.54) is 0 Å². The van der Waals surface area contributed by atoms with Gasteiger partial charge < -0.3 is 0 Å². The molecule has 0 saturated heterocycles. The van der Waals surface area contributed by atoms with Crippen LogP contribution in [-0.4, -0.2) is 11.6 Å². The number of hydrogen-bond acceptors (Lipinski definition) is 2. The molecule has 4 heteroatoms. The molecule has 0 N–H and O–H groups in total. The molecule has 0 spiro atoms. The Bertz CT molecular complexity index is 1020. The first kappa shape index (κ1) is 21.5. The average molecular weight is 433 g/mol. The minimum Gasteiger partial charge on any atom is -0.289 e. The van der Waals surface area contributed by atoms with E-state index in [0.29, 0.717) is 21.2 Å². The highest BCUT2D eigenvalue weighted by atomic mass is 35.5. The largest absolute Gasteiger partial charge is 0.289 e. The molecule has 0 heterocycles. The molecule has 148 valence electrons. The Morgan fingerprint density at radius 2 is 0.667 bits per heavy atom. The van der Waals surface area contributed by atoms with Crippen LogP contribution < -0.4 is 0 Å². The first-order valence-electron chi connectivity index (χ1n) is 9.25. The summed E-state index contributed by atoms with van der Waals surface area (Å²) in [6.07, 6.45) is 0. The number of carbonyl (C=O) groups is 2. The minimum absolute atomic E-state index is 0.0340. The zero-order chi connectivity index (χ0) is 21.3. The number of rotatable bonds is 4. The Hall–Kier alpha value is -3.20. The fourth-order valence-corrected chi connectivity index (χ4v) is 2.97. The van der Waals surface area contributed by atoms with Crippen molar-refractivity contribution in [1.29, 1.82) is 0 Å². The van der Waals surface area contributed by atoms with E-state index in [2.05, 4.69) is 0 Å². The molecule has 4 aromatic carbocycles.